The molecule has 2 heterocycles. The van der Waals surface area contributed by atoms with Gasteiger partial charge >= 0.3 is 6.18 Å². The van der Waals surface area contributed by atoms with Crippen molar-refractivity contribution in [3.8, 4) is 0 Å². The molecule has 0 radical (unpaired) electrons. The molecule has 0 aliphatic rings. The normalized spacial score (nSPS) is 11.7. The first-order valence-electron chi connectivity index (χ1n) is 7.10. The molecule has 8 heteroatoms. The van der Waals surface area contributed by atoms with E-state index in [9.17, 15) is 13.2 Å². The third kappa shape index (κ3) is 3.08. The van der Waals surface area contributed by atoms with E-state index in [4.69, 9.17) is 5.73 Å². The Kier molecular flexibility index (Phi) is 3.96. The van der Waals surface area contributed by atoms with E-state index in [0.717, 1.165) is 6.07 Å². The molecular formula is C16H14F3N5. The molecule has 1 aromatic carbocycles. The number of hydrogen-bond acceptors (Lipinski definition) is 5. The van der Waals surface area contributed by atoms with Crippen molar-refractivity contribution in [1.82, 2.24) is 15.0 Å². The van der Waals surface area contributed by atoms with Crippen LogP contribution in [0.5, 0.6) is 0 Å². The molecule has 124 valence electrons. The summed E-state index contributed by atoms with van der Waals surface area (Å²) in [5.41, 5.74) is 5.54. The van der Waals surface area contributed by atoms with E-state index in [1.165, 1.54) is 18.5 Å². The largest absolute Gasteiger partial charge is 0.416 e. The van der Waals surface area contributed by atoms with Crippen molar-refractivity contribution in [1.29, 1.82) is 0 Å². The van der Waals surface area contributed by atoms with Gasteiger partial charge in [0.05, 0.1) is 10.9 Å². The van der Waals surface area contributed by atoms with Crippen LogP contribution >= 0.6 is 0 Å². The van der Waals surface area contributed by atoms with Crippen molar-refractivity contribution in [3.63, 3.8) is 0 Å². The molecule has 0 unspecified atom stereocenters. The predicted octanol–water partition coefficient (Wildman–Crippen LogP) is 3.26. The third-order valence-electron chi connectivity index (χ3n) is 3.59. The minimum atomic E-state index is -4.40. The molecule has 0 bridgehead atoms. The van der Waals surface area contributed by atoms with Crippen molar-refractivity contribution in [2.75, 3.05) is 17.7 Å². The van der Waals surface area contributed by atoms with Crippen LogP contribution in [0, 0.1) is 0 Å². The first-order valence-corrected chi connectivity index (χ1v) is 7.10. The maximum atomic E-state index is 13.1. The average molecular weight is 333 g/mol. The summed E-state index contributed by atoms with van der Waals surface area (Å²) in [6.07, 6.45) is -3.09. The minimum Gasteiger partial charge on any atom is -0.384 e. The van der Waals surface area contributed by atoms with Crippen molar-refractivity contribution < 1.29 is 13.2 Å². The number of nitrogens with two attached hydrogens (primary N) is 1. The van der Waals surface area contributed by atoms with Gasteiger partial charge in [0, 0.05) is 13.6 Å². The van der Waals surface area contributed by atoms with E-state index in [1.807, 2.05) is 0 Å². The Morgan fingerprint density at radius 3 is 2.58 bits per heavy atom. The molecule has 0 amide bonds. The van der Waals surface area contributed by atoms with Gasteiger partial charge in [-0.05, 0) is 23.8 Å². The second kappa shape index (κ2) is 5.95. The summed E-state index contributed by atoms with van der Waals surface area (Å²) in [5, 5.41) is 0.624. The summed E-state index contributed by atoms with van der Waals surface area (Å²) in [6, 6.07) is 8.80. The van der Waals surface area contributed by atoms with Gasteiger partial charge in [0.25, 0.3) is 0 Å². The van der Waals surface area contributed by atoms with Gasteiger partial charge in [-0.2, -0.15) is 13.2 Å². The Labute approximate surface area is 136 Å². The summed E-state index contributed by atoms with van der Waals surface area (Å²) in [6.45, 7) is 0.0478. The maximum Gasteiger partial charge on any atom is 0.416 e. The van der Waals surface area contributed by atoms with Crippen molar-refractivity contribution in [2.45, 2.75) is 12.7 Å². The minimum absolute atomic E-state index is 0.0478. The number of benzene rings is 1. The number of hydrogen-bond donors (Lipinski definition) is 1. The number of aromatic nitrogens is 3. The standard InChI is InChI=1S/C16H14F3N5/c1-24(8-10-4-2-3-5-12(10)16(17,18)19)15-11-6-7-13(20)23-14(11)21-9-22-15/h2-7,9H,8H2,1H3,(H2,20,21,22,23). The molecule has 3 rings (SSSR count). The van der Waals surface area contributed by atoms with Crippen LogP contribution < -0.4 is 10.6 Å². The quantitative estimate of drug-likeness (QED) is 0.797. The smallest absolute Gasteiger partial charge is 0.384 e. The first kappa shape index (κ1) is 16.0. The predicted molar refractivity (Wildman–Crippen MR) is 85.3 cm³/mol. The molecular weight excluding hydrogens is 319 g/mol. The van der Waals surface area contributed by atoms with Crippen LogP contribution in [0.15, 0.2) is 42.7 Å². The lowest BCUT2D eigenvalue weighted by Gasteiger charge is -2.21. The topological polar surface area (TPSA) is 67.9 Å². The number of pyridine rings is 1. The van der Waals surface area contributed by atoms with Crippen LogP contribution in [-0.2, 0) is 12.7 Å². The highest BCUT2D eigenvalue weighted by molar-refractivity contribution is 5.87. The monoisotopic (exact) mass is 333 g/mol. The number of alkyl halides is 3. The fraction of sp³-hybridized carbons (Fsp3) is 0.188. The number of rotatable bonds is 3. The summed E-state index contributed by atoms with van der Waals surface area (Å²) < 4.78 is 39.4. The lowest BCUT2D eigenvalue weighted by atomic mass is 10.1. The van der Waals surface area contributed by atoms with Gasteiger partial charge in [0.2, 0.25) is 0 Å². The van der Waals surface area contributed by atoms with Crippen LogP contribution in [-0.4, -0.2) is 22.0 Å². The van der Waals surface area contributed by atoms with Gasteiger partial charge in [0.1, 0.15) is 18.0 Å². The van der Waals surface area contributed by atoms with Crippen molar-refractivity contribution in [2.24, 2.45) is 0 Å². The summed E-state index contributed by atoms with van der Waals surface area (Å²) >= 11 is 0. The molecule has 0 saturated carbocycles. The van der Waals surface area contributed by atoms with Gasteiger partial charge in [-0.15, -0.1) is 0 Å². The highest BCUT2D eigenvalue weighted by Gasteiger charge is 2.33. The van der Waals surface area contributed by atoms with E-state index in [-0.39, 0.29) is 12.1 Å². The molecule has 0 aliphatic carbocycles. The summed E-state index contributed by atoms with van der Waals surface area (Å²) in [7, 11) is 1.67. The third-order valence-corrected chi connectivity index (χ3v) is 3.59. The van der Waals surface area contributed by atoms with Crippen LogP contribution in [0.4, 0.5) is 24.8 Å². The molecule has 0 fully saturated rings. The van der Waals surface area contributed by atoms with Gasteiger partial charge in [-0.3, -0.25) is 0 Å². The SMILES string of the molecule is CN(Cc1ccccc1C(F)(F)F)c1ncnc2nc(N)ccc12. The molecule has 2 N–H and O–H groups in total. The Morgan fingerprint density at radius 2 is 1.83 bits per heavy atom. The number of halogens is 3. The fourth-order valence-corrected chi connectivity index (χ4v) is 2.51. The van der Waals surface area contributed by atoms with Crippen molar-refractivity contribution in [3.05, 3.63) is 53.9 Å². The zero-order valence-electron chi connectivity index (χ0n) is 12.7. The number of nitrogen functional groups attached to an aromatic ring is 1. The lowest BCUT2D eigenvalue weighted by molar-refractivity contribution is -0.138. The van der Waals surface area contributed by atoms with Gasteiger partial charge < -0.3 is 10.6 Å². The van der Waals surface area contributed by atoms with Crippen LogP contribution in [0.1, 0.15) is 11.1 Å². The number of anilines is 2. The Morgan fingerprint density at radius 1 is 1.08 bits per heavy atom. The van der Waals surface area contributed by atoms with Gasteiger partial charge in [0.15, 0.2) is 5.65 Å². The molecule has 0 atom stereocenters. The first-order chi connectivity index (χ1) is 11.4. The molecule has 5 nitrogen and oxygen atoms in total. The summed E-state index contributed by atoms with van der Waals surface area (Å²) in [5.74, 6) is 0.807. The van der Waals surface area contributed by atoms with E-state index < -0.39 is 11.7 Å². The Hall–Kier alpha value is -2.90. The van der Waals surface area contributed by atoms with E-state index in [1.54, 1.807) is 30.1 Å². The van der Waals surface area contributed by atoms with Gasteiger partial charge in [-0.1, -0.05) is 18.2 Å². The van der Waals surface area contributed by atoms with Crippen LogP contribution in [0.2, 0.25) is 0 Å². The van der Waals surface area contributed by atoms with Crippen molar-refractivity contribution >= 4 is 22.7 Å². The zero-order valence-corrected chi connectivity index (χ0v) is 12.7. The molecule has 0 saturated heterocycles. The highest BCUT2D eigenvalue weighted by atomic mass is 19.4. The highest BCUT2D eigenvalue weighted by Crippen LogP contribution is 2.33. The Balaban J connectivity index is 1.99. The fourth-order valence-electron chi connectivity index (χ4n) is 2.51. The van der Waals surface area contributed by atoms with Gasteiger partial charge in [-0.25, -0.2) is 15.0 Å². The zero-order chi connectivity index (χ0) is 17.3. The second-order valence-electron chi connectivity index (χ2n) is 5.32. The molecule has 0 aliphatic heterocycles. The van der Waals surface area contributed by atoms with E-state index in [2.05, 4.69) is 15.0 Å². The van der Waals surface area contributed by atoms with Crippen LogP contribution in [0.25, 0.3) is 11.0 Å². The van der Waals surface area contributed by atoms with E-state index >= 15 is 0 Å². The lowest BCUT2D eigenvalue weighted by Crippen LogP contribution is -2.21. The summed E-state index contributed by atoms with van der Waals surface area (Å²) in [4.78, 5) is 14.0. The molecule has 24 heavy (non-hydrogen) atoms. The maximum absolute atomic E-state index is 13.1. The van der Waals surface area contributed by atoms with E-state index in [0.29, 0.717) is 22.7 Å². The number of fused-ring (bicyclic) bond motifs is 1. The van der Waals surface area contributed by atoms with Crippen LogP contribution in [0.3, 0.4) is 0 Å². The second-order valence-corrected chi connectivity index (χ2v) is 5.32. The average Bonchev–Trinajstić information content (AvgIpc) is 2.53. The molecule has 0 spiro atoms. The molecule has 3 aromatic rings. The molecule has 2 aromatic heterocycles. The number of nitrogens with zero attached hydrogens (tertiary/aromatic N) is 4. The Bertz CT molecular complexity index is 879.